The first kappa shape index (κ1) is 12.9. The zero-order valence-electron chi connectivity index (χ0n) is 11.1. The summed E-state index contributed by atoms with van der Waals surface area (Å²) in [4.78, 5) is 14.5. The zero-order valence-corrected chi connectivity index (χ0v) is 11.1. The molecule has 0 aromatic heterocycles. The van der Waals surface area contributed by atoms with E-state index < -0.39 is 0 Å². The fourth-order valence-corrected chi connectivity index (χ4v) is 3.27. The topological polar surface area (TPSA) is 32.3 Å². The van der Waals surface area contributed by atoms with Gasteiger partial charge >= 0.3 is 0 Å². The summed E-state index contributed by atoms with van der Waals surface area (Å²) in [7, 11) is 0. The van der Waals surface area contributed by atoms with Crippen LogP contribution in [0.4, 0.5) is 0 Å². The number of likely N-dealkylation sites (N-methyl/N-ethyl adjacent to an activating group) is 1. The highest BCUT2D eigenvalue weighted by atomic mass is 16.1. The number of hydrogen-bond acceptors (Lipinski definition) is 2. The maximum atomic E-state index is 12.0. The second-order valence-corrected chi connectivity index (χ2v) is 5.50. The van der Waals surface area contributed by atoms with Crippen molar-refractivity contribution in [3.63, 3.8) is 0 Å². The molecule has 2 rings (SSSR count). The molecule has 0 bridgehead atoms. The van der Waals surface area contributed by atoms with E-state index in [4.69, 9.17) is 0 Å². The predicted octanol–water partition coefficient (Wildman–Crippen LogP) is 2.17. The average Bonchev–Trinajstić information content (AvgIpc) is 2.84. The SMILES string of the molecule is CCN1CCC[C@H]1CNC(=O)C1CCCCC1. The zero-order chi connectivity index (χ0) is 12.1. The second kappa shape index (κ2) is 6.39. The smallest absolute Gasteiger partial charge is 0.223 e. The highest BCUT2D eigenvalue weighted by molar-refractivity contribution is 5.78. The van der Waals surface area contributed by atoms with E-state index in [9.17, 15) is 4.79 Å². The highest BCUT2D eigenvalue weighted by Crippen LogP contribution is 2.23. The summed E-state index contributed by atoms with van der Waals surface area (Å²) in [6.45, 7) is 5.40. The van der Waals surface area contributed by atoms with Crippen molar-refractivity contribution in [2.45, 2.75) is 57.9 Å². The third-order valence-electron chi connectivity index (χ3n) is 4.39. The van der Waals surface area contributed by atoms with Crippen molar-refractivity contribution in [1.29, 1.82) is 0 Å². The van der Waals surface area contributed by atoms with Crippen molar-refractivity contribution in [1.82, 2.24) is 10.2 Å². The Morgan fingerprint density at radius 3 is 2.65 bits per heavy atom. The number of rotatable bonds is 4. The number of amides is 1. The van der Waals surface area contributed by atoms with E-state index >= 15 is 0 Å². The lowest BCUT2D eigenvalue weighted by Gasteiger charge is -2.25. The van der Waals surface area contributed by atoms with Crippen LogP contribution in [-0.2, 0) is 4.79 Å². The van der Waals surface area contributed by atoms with E-state index in [2.05, 4.69) is 17.1 Å². The van der Waals surface area contributed by atoms with Crippen LogP contribution in [0.1, 0.15) is 51.9 Å². The van der Waals surface area contributed by atoms with Crippen molar-refractivity contribution in [3.8, 4) is 0 Å². The van der Waals surface area contributed by atoms with Gasteiger partial charge in [0, 0.05) is 18.5 Å². The maximum absolute atomic E-state index is 12.0. The van der Waals surface area contributed by atoms with Crippen LogP contribution in [-0.4, -0.2) is 36.5 Å². The molecule has 1 amide bonds. The third kappa shape index (κ3) is 3.44. The van der Waals surface area contributed by atoms with Crippen LogP contribution in [0.2, 0.25) is 0 Å². The molecule has 0 unspecified atom stereocenters. The fourth-order valence-electron chi connectivity index (χ4n) is 3.27. The van der Waals surface area contributed by atoms with Gasteiger partial charge in [-0.15, -0.1) is 0 Å². The van der Waals surface area contributed by atoms with E-state index in [1.165, 1.54) is 38.6 Å². The molecule has 17 heavy (non-hydrogen) atoms. The summed E-state index contributed by atoms with van der Waals surface area (Å²) in [6, 6.07) is 0.590. The molecular weight excluding hydrogens is 212 g/mol. The van der Waals surface area contributed by atoms with Crippen molar-refractivity contribution >= 4 is 5.91 Å². The molecule has 2 fully saturated rings. The quantitative estimate of drug-likeness (QED) is 0.814. The summed E-state index contributed by atoms with van der Waals surface area (Å²) in [5, 5.41) is 3.18. The Balaban J connectivity index is 1.71. The molecule has 3 nitrogen and oxygen atoms in total. The van der Waals surface area contributed by atoms with Gasteiger partial charge in [-0.25, -0.2) is 0 Å². The second-order valence-electron chi connectivity index (χ2n) is 5.50. The van der Waals surface area contributed by atoms with Gasteiger partial charge in [0.05, 0.1) is 0 Å². The Hall–Kier alpha value is -0.570. The van der Waals surface area contributed by atoms with E-state index in [0.29, 0.717) is 17.9 Å². The standard InChI is InChI=1S/C14H26N2O/c1-2-16-10-6-9-13(16)11-15-14(17)12-7-4-3-5-8-12/h12-13H,2-11H2,1H3,(H,15,17)/t13-/m0/s1. The third-order valence-corrected chi connectivity index (χ3v) is 4.39. The van der Waals surface area contributed by atoms with Gasteiger partial charge < -0.3 is 5.32 Å². The largest absolute Gasteiger partial charge is 0.354 e. The van der Waals surface area contributed by atoms with Gasteiger partial charge in [-0.2, -0.15) is 0 Å². The van der Waals surface area contributed by atoms with E-state index in [1.807, 2.05) is 0 Å². The first-order valence-electron chi connectivity index (χ1n) is 7.33. The molecule has 1 aliphatic carbocycles. The van der Waals surface area contributed by atoms with Gasteiger partial charge in [0.2, 0.25) is 5.91 Å². The molecule has 1 saturated heterocycles. The summed E-state index contributed by atoms with van der Waals surface area (Å²) < 4.78 is 0. The van der Waals surface area contributed by atoms with Crippen LogP contribution in [0.15, 0.2) is 0 Å². The molecule has 98 valence electrons. The molecule has 1 atom stereocenters. The van der Waals surface area contributed by atoms with Gasteiger partial charge in [-0.3, -0.25) is 9.69 Å². The molecule has 0 aromatic carbocycles. The summed E-state index contributed by atoms with van der Waals surface area (Å²) >= 11 is 0. The first-order valence-corrected chi connectivity index (χ1v) is 7.33. The molecule has 0 radical (unpaired) electrons. The van der Waals surface area contributed by atoms with Crippen molar-refractivity contribution in [3.05, 3.63) is 0 Å². The Labute approximate surface area is 105 Å². The van der Waals surface area contributed by atoms with Gasteiger partial charge in [-0.1, -0.05) is 26.2 Å². The van der Waals surface area contributed by atoms with Gasteiger partial charge in [-0.05, 0) is 38.8 Å². The molecule has 0 spiro atoms. The Morgan fingerprint density at radius 2 is 1.94 bits per heavy atom. The number of nitrogens with one attached hydrogen (secondary N) is 1. The maximum Gasteiger partial charge on any atom is 0.223 e. The molecule has 1 saturated carbocycles. The summed E-state index contributed by atoms with van der Waals surface area (Å²) in [6.07, 6.45) is 8.54. The highest BCUT2D eigenvalue weighted by Gasteiger charge is 2.25. The monoisotopic (exact) mass is 238 g/mol. The Bertz CT molecular complexity index is 249. The van der Waals surface area contributed by atoms with E-state index in [-0.39, 0.29) is 0 Å². The van der Waals surface area contributed by atoms with Crippen LogP contribution < -0.4 is 5.32 Å². The van der Waals surface area contributed by atoms with Gasteiger partial charge in [0.1, 0.15) is 0 Å². The average molecular weight is 238 g/mol. The molecule has 1 N–H and O–H groups in total. The van der Waals surface area contributed by atoms with Crippen molar-refractivity contribution < 1.29 is 4.79 Å². The predicted molar refractivity (Wildman–Crippen MR) is 69.9 cm³/mol. The molecule has 2 aliphatic rings. The number of likely N-dealkylation sites (tertiary alicyclic amines) is 1. The Morgan fingerprint density at radius 1 is 1.18 bits per heavy atom. The van der Waals surface area contributed by atoms with E-state index in [1.54, 1.807) is 0 Å². The minimum atomic E-state index is 0.306. The number of nitrogens with zero attached hydrogens (tertiary/aromatic N) is 1. The fraction of sp³-hybridized carbons (Fsp3) is 0.929. The first-order chi connectivity index (χ1) is 8.31. The number of carbonyl (C=O) groups is 1. The van der Waals surface area contributed by atoms with Gasteiger partial charge in [0.15, 0.2) is 0 Å². The van der Waals surface area contributed by atoms with E-state index in [0.717, 1.165) is 25.9 Å². The minimum Gasteiger partial charge on any atom is -0.354 e. The van der Waals surface area contributed by atoms with Crippen LogP contribution in [0.5, 0.6) is 0 Å². The summed E-state index contributed by atoms with van der Waals surface area (Å²) in [5.74, 6) is 0.618. The molecule has 3 heteroatoms. The van der Waals surface area contributed by atoms with Crippen LogP contribution in [0.25, 0.3) is 0 Å². The number of hydrogen-bond donors (Lipinski definition) is 1. The van der Waals surface area contributed by atoms with Crippen molar-refractivity contribution in [2.24, 2.45) is 5.92 Å². The lowest BCUT2D eigenvalue weighted by molar-refractivity contribution is -0.126. The van der Waals surface area contributed by atoms with Crippen molar-refractivity contribution in [2.75, 3.05) is 19.6 Å². The molecule has 1 heterocycles. The molecular formula is C14H26N2O. The molecule has 0 aromatic rings. The minimum absolute atomic E-state index is 0.306. The van der Waals surface area contributed by atoms with Gasteiger partial charge in [0.25, 0.3) is 0 Å². The lowest BCUT2D eigenvalue weighted by atomic mass is 9.88. The normalized spacial score (nSPS) is 27.2. The molecule has 1 aliphatic heterocycles. The Kier molecular flexibility index (Phi) is 4.84. The number of carbonyl (C=O) groups excluding carboxylic acids is 1. The van der Waals surface area contributed by atoms with Crippen LogP contribution >= 0.6 is 0 Å². The van der Waals surface area contributed by atoms with Crippen LogP contribution in [0.3, 0.4) is 0 Å². The summed E-state index contributed by atoms with van der Waals surface area (Å²) in [5.41, 5.74) is 0. The lowest BCUT2D eigenvalue weighted by Crippen LogP contribution is -2.42. The van der Waals surface area contributed by atoms with Crippen LogP contribution in [0, 0.1) is 5.92 Å².